The predicted molar refractivity (Wildman–Crippen MR) is 105 cm³/mol. The van der Waals surface area contributed by atoms with E-state index in [1.54, 1.807) is 0 Å². The molecule has 1 aromatic heterocycles. The fourth-order valence-corrected chi connectivity index (χ4v) is 3.42. The topological polar surface area (TPSA) is 74.5 Å². The number of nitrogens with one attached hydrogen (secondary N) is 1. The summed E-state index contributed by atoms with van der Waals surface area (Å²) >= 11 is 5.60. The van der Waals surface area contributed by atoms with Crippen LogP contribution in [-0.2, 0) is 23.9 Å². The minimum Gasteiger partial charge on any atom is -0.338 e. The van der Waals surface area contributed by atoms with Crippen molar-refractivity contribution in [1.29, 1.82) is 0 Å². The molecule has 2 heterocycles. The van der Waals surface area contributed by atoms with Crippen LogP contribution in [0.4, 0.5) is 18.9 Å². The largest absolute Gasteiger partial charge is 0.417 e. The van der Waals surface area contributed by atoms with Crippen LogP contribution in [-0.4, -0.2) is 58.6 Å². The summed E-state index contributed by atoms with van der Waals surface area (Å²) in [5.74, 6) is 0.909. The SMILES string of the molecule is CCCc1noc(CN2CCN(CC(=O)Nc3ccc(Cl)c(C(F)(F)F)c3)CC2)n1. The number of carbonyl (C=O) groups is 1. The lowest BCUT2D eigenvalue weighted by molar-refractivity contribution is -0.137. The molecular formula is C19H23ClF3N5O2. The Morgan fingerprint density at radius 2 is 1.93 bits per heavy atom. The summed E-state index contributed by atoms with van der Waals surface area (Å²) in [5.41, 5.74) is -0.909. The molecule has 3 rings (SSSR count). The number of aromatic nitrogens is 2. The Labute approximate surface area is 177 Å². The summed E-state index contributed by atoms with van der Waals surface area (Å²) in [6.45, 7) is 5.44. The number of benzene rings is 1. The van der Waals surface area contributed by atoms with Gasteiger partial charge in [0.1, 0.15) is 0 Å². The molecule has 1 fully saturated rings. The number of nitrogens with zero attached hydrogens (tertiary/aromatic N) is 4. The van der Waals surface area contributed by atoms with Crippen molar-refractivity contribution in [1.82, 2.24) is 19.9 Å². The van der Waals surface area contributed by atoms with Crippen molar-refractivity contribution in [2.75, 3.05) is 38.0 Å². The Kier molecular flexibility index (Phi) is 7.32. The normalized spacial score (nSPS) is 16.0. The van der Waals surface area contributed by atoms with Crippen LogP contribution in [0.15, 0.2) is 22.7 Å². The van der Waals surface area contributed by atoms with Gasteiger partial charge in [0.2, 0.25) is 11.8 Å². The number of anilines is 1. The van der Waals surface area contributed by atoms with Gasteiger partial charge in [-0.2, -0.15) is 18.2 Å². The Bertz CT molecular complexity index is 866. The number of halogens is 4. The second kappa shape index (κ2) is 9.76. The van der Waals surface area contributed by atoms with Gasteiger partial charge in [0.15, 0.2) is 5.82 Å². The summed E-state index contributed by atoms with van der Waals surface area (Å²) in [6, 6.07) is 3.32. The zero-order chi connectivity index (χ0) is 21.7. The first kappa shape index (κ1) is 22.5. The fourth-order valence-electron chi connectivity index (χ4n) is 3.20. The summed E-state index contributed by atoms with van der Waals surface area (Å²) in [5, 5.41) is 6.04. The lowest BCUT2D eigenvalue weighted by atomic mass is 10.2. The van der Waals surface area contributed by atoms with Gasteiger partial charge >= 0.3 is 6.18 Å². The van der Waals surface area contributed by atoms with E-state index < -0.39 is 16.8 Å². The van der Waals surface area contributed by atoms with Crippen molar-refractivity contribution in [2.45, 2.75) is 32.5 Å². The minimum atomic E-state index is -4.58. The monoisotopic (exact) mass is 445 g/mol. The highest BCUT2D eigenvalue weighted by Gasteiger charge is 2.33. The first-order valence-electron chi connectivity index (χ1n) is 9.67. The number of hydrogen-bond donors (Lipinski definition) is 1. The van der Waals surface area contributed by atoms with Gasteiger partial charge in [-0.1, -0.05) is 23.7 Å². The molecule has 11 heteroatoms. The van der Waals surface area contributed by atoms with Crippen molar-refractivity contribution in [3.05, 3.63) is 40.5 Å². The van der Waals surface area contributed by atoms with Gasteiger partial charge in [0.05, 0.1) is 23.7 Å². The molecule has 1 amide bonds. The summed E-state index contributed by atoms with van der Waals surface area (Å²) in [4.78, 5) is 20.7. The highest BCUT2D eigenvalue weighted by molar-refractivity contribution is 6.31. The van der Waals surface area contributed by atoms with Crippen LogP contribution in [0.2, 0.25) is 5.02 Å². The molecule has 0 aliphatic carbocycles. The Morgan fingerprint density at radius 1 is 1.23 bits per heavy atom. The average Bonchev–Trinajstić information content (AvgIpc) is 3.11. The molecule has 0 atom stereocenters. The van der Waals surface area contributed by atoms with Crippen LogP contribution in [0.25, 0.3) is 0 Å². The molecule has 1 saturated heterocycles. The molecule has 7 nitrogen and oxygen atoms in total. The number of hydrogen-bond acceptors (Lipinski definition) is 6. The second-order valence-electron chi connectivity index (χ2n) is 7.15. The molecule has 0 spiro atoms. The fraction of sp³-hybridized carbons (Fsp3) is 0.526. The average molecular weight is 446 g/mol. The van der Waals surface area contributed by atoms with E-state index in [2.05, 4.69) is 20.4 Å². The summed E-state index contributed by atoms with van der Waals surface area (Å²) in [7, 11) is 0. The minimum absolute atomic E-state index is 0.0645. The molecule has 2 aromatic rings. The number of amides is 1. The lowest BCUT2D eigenvalue weighted by Crippen LogP contribution is -2.48. The maximum absolute atomic E-state index is 12.9. The molecular weight excluding hydrogens is 423 g/mol. The highest BCUT2D eigenvalue weighted by Crippen LogP contribution is 2.36. The molecule has 0 saturated carbocycles. The van der Waals surface area contributed by atoms with Gasteiger partial charge in [-0.05, 0) is 24.6 Å². The molecule has 30 heavy (non-hydrogen) atoms. The van der Waals surface area contributed by atoms with E-state index in [4.69, 9.17) is 16.1 Å². The van der Waals surface area contributed by atoms with Gasteiger partial charge in [0.25, 0.3) is 0 Å². The van der Waals surface area contributed by atoms with Gasteiger partial charge < -0.3 is 9.84 Å². The third kappa shape index (κ3) is 6.16. The van der Waals surface area contributed by atoms with Crippen molar-refractivity contribution in [3.63, 3.8) is 0 Å². The van der Waals surface area contributed by atoms with Crippen LogP contribution < -0.4 is 5.32 Å². The number of carbonyl (C=O) groups excluding carboxylic acids is 1. The Hall–Kier alpha value is -2.17. The number of piperazine rings is 1. The van der Waals surface area contributed by atoms with Crippen LogP contribution >= 0.6 is 11.6 Å². The van der Waals surface area contributed by atoms with Gasteiger partial charge in [-0.25, -0.2) is 0 Å². The number of aryl methyl sites for hydroxylation is 1. The van der Waals surface area contributed by atoms with E-state index in [0.717, 1.165) is 38.1 Å². The maximum atomic E-state index is 12.9. The molecule has 1 aliphatic rings. The summed E-state index contributed by atoms with van der Waals surface area (Å²) < 4.78 is 44.1. The highest BCUT2D eigenvalue weighted by atomic mass is 35.5. The van der Waals surface area contributed by atoms with Gasteiger partial charge in [0, 0.05) is 38.3 Å². The van der Waals surface area contributed by atoms with Crippen molar-refractivity contribution in [3.8, 4) is 0 Å². The van der Waals surface area contributed by atoms with Crippen LogP contribution in [0.3, 0.4) is 0 Å². The van der Waals surface area contributed by atoms with Crippen LogP contribution in [0.5, 0.6) is 0 Å². The van der Waals surface area contributed by atoms with E-state index in [1.807, 2.05) is 11.8 Å². The number of rotatable bonds is 7. The van der Waals surface area contributed by atoms with Crippen LogP contribution in [0.1, 0.15) is 30.6 Å². The summed E-state index contributed by atoms with van der Waals surface area (Å²) in [6.07, 6.45) is -2.85. The molecule has 0 bridgehead atoms. The first-order chi connectivity index (χ1) is 14.2. The van der Waals surface area contributed by atoms with Gasteiger partial charge in [-0.15, -0.1) is 0 Å². The number of alkyl halides is 3. The van der Waals surface area contributed by atoms with Crippen molar-refractivity contribution in [2.24, 2.45) is 0 Å². The molecule has 1 N–H and O–H groups in total. The third-order valence-corrected chi connectivity index (χ3v) is 5.06. The zero-order valence-corrected chi connectivity index (χ0v) is 17.3. The van der Waals surface area contributed by atoms with E-state index in [-0.39, 0.29) is 18.1 Å². The van der Waals surface area contributed by atoms with Crippen molar-refractivity contribution >= 4 is 23.2 Å². The quantitative estimate of drug-likeness (QED) is 0.703. The van der Waals surface area contributed by atoms with Crippen molar-refractivity contribution < 1.29 is 22.5 Å². The predicted octanol–water partition coefficient (Wildman–Crippen LogP) is 3.45. The molecule has 0 radical (unpaired) electrons. The Balaban J connectivity index is 1.46. The second-order valence-corrected chi connectivity index (χ2v) is 7.55. The Morgan fingerprint density at radius 3 is 2.60 bits per heavy atom. The maximum Gasteiger partial charge on any atom is 0.417 e. The molecule has 164 valence electrons. The van der Waals surface area contributed by atoms with Crippen LogP contribution in [0, 0.1) is 0 Å². The molecule has 1 aromatic carbocycles. The zero-order valence-electron chi connectivity index (χ0n) is 16.5. The van der Waals surface area contributed by atoms with E-state index in [9.17, 15) is 18.0 Å². The van der Waals surface area contributed by atoms with E-state index >= 15 is 0 Å². The lowest BCUT2D eigenvalue weighted by Gasteiger charge is -2.33. The standard InChI is InChI=1S/C19H23ClF3N5O2/c1-2-3-16-25-18(30-26-16)12-28-8-6-27(7-9-28)11-17(29)24-13-4-5-15(20)14(10-13)19(21,22)23/h4-5,10H,2-3,6-9,11-12H2,1H3,(H,24,29). The smallest absolute Gasteiger partial charge is 0.338 e. The van der Waals surface area contributed by atoms with E-state index in [1.165, 1.54) is 6.07 Å². The van der Waals surface area contributed by atoms with Gasteiger partial charge in [-0.3, -0.25) is 14.6 Å². The first-order valence-corrected chi connectivity index (χ1v) is 10.0. The van der Waals surface area contributed by atoms with E-state index in [0.29, 0.717) is 31.3 Å². The third-order valence-electron chi connectivity index (χ3n) is 4.73. The molecule has 0 unspecified atom stereocenters. The molecule has 1 aliphatic heterocycles.